The zero-order chi connectivity index (χ0) is 16.9. The second-order valence-corrected chi connectivity index (χ2v) is 4.82. The van der Waals surface area contributed by atoms with E-state index in [-0.39, 0.29) is 11.3 Å². The Kier molecular flexibility index (Phi) is 4.12. The number of amides is 1. The van der Waals surface area contributed by atoms with Gasteiger partial charge in [-0.05, 0) is 36.4 Å². The summed E-state index contributed by atoms with van der Waals surface area (Å²) in [5.74, 6) is -0.121. The minimum atomic E-state index is -0.541. The summed E-state index contributed by atoms with van der Waals surface area (Å²) in [5.41, 5.74) is 0.842. The number of anilines is 1. The van der Waals surface area contributed by atoms with Crippen LogP contribution in [0, 0.1) is 11.3 Å². The molecular formula is C17H12N4O3. The molecule has 0 aliphatic heterocycles. The number of rotatable bonds is 4. The minimum Gasteiger partial charge on any atom is -0.465 e. The summed E-state index contributed by atoms with van der Waals surface area (Å²) in [7, 11) is 0. The first kappa shape index (κ1) is 15.1. The van der Waals surface area contributed by atoms with Gasteiger partial charge in [-0.3, -0.25) is 9.36 Å². The lowest BCUT2D eigenvalue weighted by Gasteiger charge is -2.06. The molecule has 0 aliphatic carbocycles. The van der Waals surface area contributed by atoms with Gasteiger partial charge in [-0.1, -0.05) is 0 Å². The van der Waals surface area contributed by atoms with Crippen molar-refractivity contribution in [2.24, 2.45) is 0 Å². The molecule has 2 N–H and O–H groups in total. The zero-order valence-corrected chi connectivity index (χ0v) is 12.4. The Morgan fingerprint density at radius 3 is 2.67 bits per heavy atom. The molecular weight excluding hydrogens is 308 g/mol. The van der Waals surface area contributed by atoms with Gasteiger partial charge in [0.15, 0.2) is 0 Å². The largest absolute Gasteiger partial charge is 0.465 e. The summed E-state index contributed by atoms with van der Waals surface area (Å²) in [5, 5.41) is 11.7. The maximum atomic E-state index is 12.1. The second-order valence-electron chi connectivity index (χ2n) is 4.82. The summed E-state index contributed by atoms with van der Waals surface area (Å²) in [6.07, 6.45) is 5.97. The molecule has 3 rings (SSSR count). The van der Waals surface area contributed by atoms with Crippen LogP contribution >= 0.6 is 0 Å². The summed E-state index contributed by atoms with van der Waals surface area (Å²) < 4.78 is 6.53. The molecule has 0 aliphatic rings. The van der Waals surface area contributed by atoms with Crippen LogP contribution in [0.4, 0.5) is 5.69 Å². The number of furan rings is 1. The zero-order valence-electron chi connectivity index (χ0n) is 12.4. The van der Waals surface area contributed by atoms with Crippen LogP contribution in [-0.4, -0.2) is 15.5 Å². The number of hydrogen-bond acceptors (Lipinski definition) is 4. The van der Waals surface area contributed by atoms with Crippen LogP contribution < -0.4 is 11.0 Å². The number of carbonyl (C=O) groups is 1. The fraction of sp³-hybridized carbons (Fsp3) is 0. The van der Waals surface area contributed by atoms with Crippen LogP contribution in [0.2, 0.25) is 0 Å². The van der Waals surface area contributed by atoms with Crippen molar-refractivity contribution in [3.8, 4) is 11.8 Å². The molecule has 2 aromatic heterocycles. The molecule has 0 unspecified atom stereocenters. The van der Waals surface area contributed by atoms with E-state index in [0.29, 0.717) is 17.1 Å². The van der Waals surface area contributed by atoms with Gasteiger partial charge in [-0.15, -0.1) is 0 Å². The average Bonchev–Trinajstić information content (AvgIpc) is 3.25. The molecule has 118 valence electrons. The summed E-state index contributed by atoms with van der Waals surface area (Å²) in [6, 6.07) is 11.8. The third kappa shape index (κ3) is 3.18. The van der Waals surface area contributed by atoms with Gasteiger partial charge in [-0.25, -0.2) is 4.79 Å². The highest BCUT2D eigenvalue weighted by Gasteiger charge is 2.10. The molecule has 2 heterocycles. The van der Waals surface area contributed by atoms with Crippen LogP contribution in [0.5, 0.6) is 0 Å². The van der Waals surface area contributed by atoms with Crippen LogP contribution in [0.1, 0.15) is 5.76 Å². The number of nitriles is 1. The van der Waals surface area contributed by atoms with E-state index in [1.165, 1.54) is 23.1 Å². The molecule has 0 saturated heterocycles. The molecule has 0 radical (unpaired) electrons. The van der Waals surface area contributed by atoms with Gasteiger partial charge in [-0.2, -0.15) is 5.26 Å². The van der Waals surface area contributed by atoms with Gasteiger partial charge in [0.2, 0.25) is 0 Å². The molecule has 7 nitrogen and oxygen atoms in total. The van der Waals surface area contributed by atoms with Gasteiger partial charge in [0.25, 0.3) is 5.91 Å². The van der Waals surface area contributed by atoms with Crippen LogP contribution in [0.3, 0.4) is 0 Å². The van der Waals surface area contributed by atoms with Crippen molar-refractivity contribution in [1.82, 2.24) is 9.55 Å². The number of imidazole rings is 1. The van der Waals surface area contributed by atoms with E-state index in [4.69, 9.17) is 9.68 Å². The maximum Gasteiger partial charge on any atom is 0.330 e. The molecule has 0 fully saturated rings. The number of nitrogens with one attached hydrogen (secondary N) is 2. The van der Waals surface area contributed by atoms with E-state index in [1.54, 1.807) is 42.6 Å². The Hall–Kier alpha value is -3.79. The average molecular weight is 320 g/mol. The predicted molar refractivity (Wildman–Crippen MR) is 87.3 cm³/mol. The predicted octanol–water partition coefficient (Wildman–Crippen LogP) is 2.30. The van der Waals surface area contributed by atoms with Crippen molar-refractivity contribution < 1.29 is 9.21 Å². The summed E-state index contributed by atoms with van der Waals surface area (Å²) in [6.45, 7) is 0. The van der Waals surface area contributed by atoms with E-state index in [0.717, 1.165) is 0 Å². The standard InChI is InChI=1S/C17H12N4O3/c18-11-12(10-15-2-1-9-24-15)16(22)20-13-3-5-14(6-4-13)21-8-7-19-17(21)23/h1-10H,(H,19,23)(H,20,22). The topological polar surface area (TPSA) is 104 Å². The normalized spacial score (nSPS) is 11.0. The second kappa shape index (κ2) is 6.54. The van der Waals surface area contributed by atoms with Crippen molar-refractivity contribution in [2.45, 2.75) is 0 Å². The highest BCUT2D eigenvalue weighted by Crippen LogP contribution is 2.14. The van der Waals surface area contributed by atoms with Crippen LogP contribution in [0.15, 0.2) is 69.8 Å². The Balaban J connectivity index is 1.76. The third-order valence-electron chi connectivity index (χ3n) is 3.25. The maximum absolute atomic E-state index is 12.1. The van der Waals surface area contributed by atoms with Gasteiger partial charge in [0.05, 0.1) is 12.0 Å². The van der Waals surface area contributed by atoms with E-state index in [1.807, 2.05) is 6.07 Å². The Bertz CT molecular complexity index is 970. The first-order chi connectivity index (χ1) is 11.7. The molecule has 7 heteroatoms. The first-order valence-electron chi connectivity index (χ1n) is 7.00. The number of aromatic amines is 1. The Morgan fingerprint density at radius 2 is 2.08 bits per heavy atom. The van der Waals surface area contributed by atoms with Crippen molar-refractivity contribution >= 4 is 17.7 Å². The van der Waals surface area contributed by atoms with Crippen molar-refractivity contribution in [1.29, 1.82) is 5.26 Å². The van der Waals surface area contributed by atoms with Crippen LogP contribution in [-0.2, 0) is 4.79 Å². The highest BCUT2D eigenvalue weighted by atomic mass is 16.3. The fourth-order valence-electron chi connectivity index (χ4n) is 2.09. The van der Waals surface area contributed by atoms with Crippen molar-refractivity contribution in [3.05, 3.63) is 76.9 Å². The van der Waals surface area contributed by atoms with E-state index in [2.05, 4.69) is 10.3 Å². The number of carbonyl (C=O) groups excluding carboxylic acids is 1. The quantitative estimate of drug-likeness (QED) is 0.568. The molecule has 1 amide bonds. The number of H-pyrrole nitrogens is 1. The number of hydrogen-bond donors (Lipinski definition) is 2. The molecule has 3 aromatic rings. The first-order valence-corrected chi connectivity index (χ1v) is 7.00. The minimum absolute atomic E-state index is 0.0733. The monoisotopic (exact) mass is 320 g/mol. The van der Waals surface area contributed by atoms with Gasteiger partial charge in [0.1, 0.15) is 17.4 Å². The van der Waals surface area contributed by atoms with Gasteiger partial charge >= 0.3 is 5.69 Å². The fourth-order valence-corrected chi connectivity index (χ4v) is 2.09. The highest BCUT2D eigenvalue weighted by molar-refractivity contribution is 6.09. The van der Waals surface area contributed by atoms with Crippen LogP contribution in [0.25, 0.3) is 11.8 Å². The van der Waals surface area contributed by atoms with Gasteiger partial charge < -0.3 is 14.7 Å². The number of aromatic nitrogens is 2. The summed E-state index contributed by atoms with van der Waals surface area (Å²) >= 11 is 0. The summed E-state index contributed by atoms with van der Waals surface area (Å²) in [4.78, 5) is 26.2. The number of benzene rings is 1. The third-order valence-corrected chi connectivity index (χ3v) is 3.25. The molecule has 0 atom stereocenters. The molecule has 1 aromatic carbocycles. The van der Waals surface area contributed by atoms with Crippen molar-refractivity contribution in [2.75, 3.05) is 5.32 Å². The Morgan fingerprint density at radius 1 is 1.29 bits per heavy atom. The lowest BCUT2D eigenvalue weighted by molar-refractivity contribution is -0.112. The lowest BCUT2D eigenvalue weighted by Crippen LogP contribution is -2.15. The Labute approximate surface area is 136 Å². The molecule has 0 saturated carbocycles. The van der Waals surface area contributed by atoms with Gasteiger partial charge in [0, 0.05) is 24.2 Å². The lowest BCUT2D eigenvalue weighted by atomic mass is 10.2. The smallest absolute Gasteiger partial charge is 0.330 e. The van der Waals surface area contributed by atoms with E-state index < -0.39 is 5.91 Å². The van der Waals surface area contributed by atoms with Crippen molar-refractivity contribution in [3.63, 3.8) is 0 Å². The SMILES string of the molecule is N#CC(=Cc1ccco1)C(=O)Nc1ccc(-n2cc[nH]c2=O)cc1. The van der Waals surface area contributed by atoms with E-state index >= 15 is 0 Å². The molecule has 24 heavy (non-hydrogen) atoms. The number of nitrogens with zero attached hydrogens (tertiary/aromatic N) is 2. The molecule has 0 bridgehead atoms. The van der Waals surface area contributed by atoms with E-state index in [9.17, 15) is 9.59 Å². The molecule has 0 spiro atoms.